The Morgan fingerprint density at radius 1 is 0.909 bits per heavy atom. The van der Waals surface area contributed by atoms with Gasteiger partial charge in [-0.1, -0.05) is 27.7 Å². The van der Waals surface area contributed by atoms with Gasteiger partial charge in [-0.3, -0.25) is 0 Å². The molecule has 1 rings (SSSR count). The second kappa shape index (κ2) is 3.84. The predicted molar refractivity (Wildman–Crippen MR) is 54.1 cm³/mol. The van der Waals surface area contributed by atoms with Gasteiger partial charge in [-0.2, -0.15) is 11.8 Å². The molecule has 1 aliphatic rings. The SMILES string of the molecule is CC(C)[C@H]1CC[C@H](C(C)C)S1. The minimum atomic E-state index is 0.878. The van der Waals surface area contributed by atoms with E-state index in [0.29, 0.717) is 0 Å². The van der Waals surface area contributed by atoms with Crippen molar-refractivity contribution < 1.29 is 0 Å². The summed E-state index contributed by atoms with van der Waals surface area (Å²) < 4.78 is 0. The molecule has 0 aliphatic carbocycles. The lowest BCUT2D eigenvalue weighted by Gasteiger charge is -2.16. The molecule has 0 aromatic heterocycles. The van der Waals surface area contributed by atoms with Crippen LogP contribution in [-0.4, -0.2) is 10.5 Å². The van der Waals surface area contributed by atoms with Crippen LogP contribution < -0.4 is 0 Å². The molecule has 1 fully saturated rings. The quantitative estimate of drug-likeness (QED) is 0.613. The van der Waals surface area contributed by atoms with Crippen LogP contribution >= 0.6 is 11.8 Å². The van der Waals surface area contributed by atoms with Gasteiger partial charge in [0.15, 0.2) is 0 Å². The molecule has 0 aromatic rings. The van der Waals surface area contributed by atoms with E-state index in [4.69, 9.17) is 0 Å². The van der Waals surface area contributed by atoms with Crippen molar-refractivity contribution in [2.45, 2.75) is 51.0 Å². The van der Waals surface area contributed by atoms with Crippen LogP contribution in [-0.2, 0) is 0 Å². The Kier molecular flexibility index (Phi) is 3.29. The second-order valence-corrected chi connectivity index (χ2v) is 5.76. The van der Waals surface area contributed by atoms with Gasteiger partial charge in [0.2, 0.25) is 0 Å². The minimum Gasteiger partial charge on any atom is -0.155 e. The number of rotatable bonds is 2. The maximum Gasteiger partial charge on any atom is 0.00733 e. The summed E-state index contributed by atoms with van der Waals surface area (Å²) in [7, 11) is 0. The van der Waals surface area contributed by atoms with E-state index in [1.165, 1.54) is 12.8 Å². The molecule has 1 aliphatic heterocycles. The maximum absolute atomic E-state index is 2.35. The average Bonchev–Trinajstić information content (AvgIpc) is 2.33. The highest BCUT2D eigenvalue weighted by molar-refractivity contribution is 8.00. The third kappa shape index (κ3) is 2.40. The van der Waals surface area contributed by atoms with E-state index in [9.17, 15) is 0 Å². The first-order valence-corrected chi connectivity index (χ1v) is 5.71. The first kappa shape index (κ1) is 9.44. The van der Waals surface area contributed by atoms with E-state index < -0.39 is 0 Å². The molecule has 2 atom stereocenters. The van der Waals surface area contributed by atoms with Gasteiger partial charge < -0.3 is 0 Å². The smallest absolute Gasteiger partial charge is 0.00733 e. The third-order valence-corrected chi connectivity index (χ3v) is 4.83. The van der Waals surface area contributed by atoms with Gasteiger partial charge in [0.25, 0.3) is 0 Å². The molecule has 0 bridgehead atoms. The Morgan fingerprint density at radius 2 is 1.27 bits per heavy atom. The normalized spacial score (nSPS) is 32.2. The number of hydrogen-bond donors (Lipinski definition) is 0. The van der Waals surface area contributed by atoms with Crippen molar-refractivity contribution in [3.05, 3.63) is 0 Å². The van der Waals surface area contributed by atoms with E-state index in [-0.39, 0.29) is 0 Å². The molecule has 1 saturated heterocycles. The molecule has 0 radical (unpaired) electrons. The fourth-order valence-corrected chi connectivity index (χ4v) is 3.29. The van der Waals surface area contributed by atoms with Gasteiger partial charge in [0.1, 0.15) is 0 Å². The molecule has 0 spiro atoms. The van der Waals surface area contributed by atoms with Crippen LogP contribution in [0.25, 0.3) is 0 Å². The largest absolute Gasteiger partial charge is 0.155 e. The van der Waals surface area contributed by atoms with Crippen LogP contribution in [0.15, 0.2) is 0 Å². The van der Waals surface area contributed by atoms with Crippen LogP contribution in [0.3, 0.4) is 0 Å². The van der Waals surface area contributed by atoms with Crippen LogP contribution in [0.1, 0.15) is 40.5 Å². The van der Waals surface area contributed by atoms with Gasteiger partial charge in [-0.15, -0.1) is 0 Å². The minimum absolute atomic E-state index is 0.878. The van der Waals surface area contributed by atoms with Crippen LogP contribution in [0.5, 0.6) is 0 Å². The fourth-order valence-electron chi connectivity index (χ4n) is 1.67. The Morgan fingerprint density at radius 3 is 1.45 bits per heavy atom. The van der Waals surface area contributed by atoms with Crippen molar-refractivity contribution in [3.63, 3.8) is 0 Å². The molecule has 11 heavy (non-hydrogen) atoms. The lowest BCUT2D eigenvalue weighted by molar-refractivity contribution is 0.543. The summed E-state index contributed by atoms with van der Waals surface area (Å²) in [4.78, 5) is 0. The zero-order valence-electron chi connectivity index (χ0n) is 8.13. The van der Waals surface area contributed by atoms with Crippen molar-refractivity contribution in [3.8, 4) is 0 Å². The molecule has 0 N–H and O–H groups in total. The van der Waals surface area contributed by atoms with Crippen LogP contribution in [0.4, 0.5) is 0 Å². The molecule has 1 heteroatoms. The Hall–Kier alpha value is 0.350. The van der Waals surface area contributed by atoms with Gasteiger partial charge >= 0.3 is 0 Å². The third-order valence-electron chi connectivity index (χ3n) is 2.57. The first-order valence-electron chi connectivity index (χ1n) is 4.76. The van der Waals surface area contributed by atoms with E-state index in [1.54, 1.807) is 0 Å². The highest BCUT2D eigenvalue weighted by Gasteiger charge is 2.28. The van der Waals surface area contributed by atoms with Gasteiger partial charge in [-0.05, 0) is 24.7 Å². The summed E-state index contributed by atoms with van der Waals surface area (Å²) in [6.45, 7) is 9.39. The van der Waals surface area contributed by atoms with Crippen molar-refractivity contribution in [2.24, 2.45) is 11.8 Å². The Labute approximate surface area is 75.1 Å². The van der Waals surface area contributed by atoms with E-state index in [1.807, 2.05) is 0 Å². The van der Waals surface area contributed by atoms with Gasteiger partial charge in [0, 0.05) is 10.5 Å². The lowest BCUT2D eigenvalue weighted by atomic mass is 10.0. The van der Waals surface area contributed by atoms with Crippen molar-refractivity contribution in [2.75, 3.05) is 0 Å². The van der Waals surface area contributed by atoms with Crippen LogP contribution in [0.2, 0.25) is 0 Å². The number of hydrogen-bond acceptors (Lipinski definition) is 1. The maximum atomic E-state index is 2.35. The first-order chi connectivity index (χ1) is 5.11. The van der Waals surface area contributed by atoms with Gasteiger partial charge in [0.05, 0.1) is 0 Å². The molecular formula is C10H20S. The lowest BCUT2D eigenvalue weighted by Crippen LogP contribution is -2.09. The molecule has 0 nitrogen and oxygen atoms in total. The standard InChI is InChI=1S/C10H20S/c1-7(2)9-5-6-10(11-9)8(3)4/h7-10H,5-6H2,1-4H3/t9-,10-/m1/s1. The highest BCUT2D eigenvalue weighted by Crippen LogP contribution is 2.40. The molecule has 1 heterocycles. The predicted octanol–water partition coefficient (Wildman–Crippen LogP) is 3.56. The monoisotopic (exact) mass is 172 g/mol. The molecule has 0 saturated carbocycles. The zero-order chi connectivity index (χ0) is 8.43. The summed E-state index contributed by atoms with van der Waals surface area (Å²) in [6.07, 6.45) is 2.90. The highest BCUT2D eigenvalue weighted by atomic mass is 32.2. The molecule has 66 valence electrons. The second-order valence-electron chi connectivity index (χ2n) is 4.28. The van der Waals surface area contributed by atoms with E-state index in [2.05, 4.69) is 39.5 Å². The summed E-state index contributed by atoms with van der Waals surface area (Å²) in [5, 5.41) is 1.89. The summed E-state index contributed by atoms with van der Waals surface area (Å²) in [5.74, 6) is 1.76. The summed E-state index contributed by atoms with van der Waals surface area (Å²) >= 11 is 2.23. The molecular weight excluding hydrogens is 152 g/mol. The average molecular weight is 172 g/mol. The molecule has 0 unspecified atom stereocenters. The number of thioether (sulfide) groups is 1. The summed E-state index contributed by atoms with van der Waals surface area (Å²) in [6, 6.07) is 0. The van der Waals surface area contributed by atoms with Crippen molar-refractivity contribution >= 4 is 11.8 Å². The van der Waals surface area contributed by atoms with E-state index in [0.717, 1.165) is 22.3 Å². The van der Waals surface area contributed by atoms with Crippen molar-refractivity contribution in [1.29, 1.82) is 0 Å². The van der Waals surface area contributed by atoms with E-state index >= 15 is 0 Å². The Balaban J connectivity index is 2.35. The van der Waals surface area contributed by atoms with Crippen LogP contribution in [0, 0.1) is 11.8 Å². The molecule has 0 aromatic carbocycles. The van der Waals surface area contributed by atoms with Crippen molar-refractivity contribution in [1.82, 2.24) is 0 Å². The zero-order valence-corrected chi connectivity index (χ0v) is 8.95. The summed E-state index contributed by atoms with van der Waals surface area (Å²) in [5.41, 5.74) is 0. The van der Waals surface area contributed by atoms with Gasteiger partial charge in [-0.25, -0.2) is 0 Å². The fraction of sp³-hybridized carbons (Fsp3) is 1.00. The Bertz CT molecular complexity index is 104. The topological polar surface area (TPSA) is 0 Å². The molecule has 0 amide bonds.